The molecule has 3 N–H and O–H groups in total. The number of hydrogen-bond donors (Lipinski definition) is 2. The molecule has 3 nitrogen and oxygen atoms in total. The Bertz CT molecular complexity index is 358. The van der Waals surface area contributed by atoms with Crippen LogP contribution in [0, 0.1) is 0 Å². The number of nitrogens with zero attached hydrogens (tertiary/aromatic N) is 1. The first-order chi connectivity index (χ1) is 10.4. The zero-order valence-corrected chi connectivity index (χ0v) is 13.3. The Morgan fingerprint density at radius 1 is 1.00 bits per heavy atom. The SMILES string of the molecule is NCCCCCCNC1CCN(Cc2ccccc2)CC1. The van der Waals surface area contributed by atoms with Crippen LogP contribution in [-0.2, 0) is 6.54 Å². The molecule has 0 aliphatic carbocycles. The zero-order chi connectivity index (χ0) is 14.8. The maximum absolute atomic E-state index is 5.51. The summed E-state index contributed by atoms with van der Waals surface area (Å²) in [6.45, 7) is 5.56. The predicted octanol–water partition coefficient (Wildman–Crippen LogP) is 2.76. The molecule has 1 aliphatic heterocycles. The molecule has 1 aromatic carbocycles. The molecule has 1 heterocycles. The Morgan fingerprint density at radius 3 is 2.43 bits per heavy atom. The minimum atomic E-state index is 0.728. The lowest BCUT2D eigenvalue weighted by Crippen LogP contribution is -2.42. The first kappa shape index (κ1) is 16.5. The van der Waals surface area contributed by atoms with Gasteiger partial charge in [-0.3, -0.25) is 4.90 Å². The van der Waals surface area contributed by atoms with Gasteiger partial charge in [0, 0.05) is 12.6 Å². The van der Waals surface area contributed by atoms with Crippen molar-refractivity contribution in [2.75, 3.05) is 26.2 Å². The van der Waals surface area contributed by atoms with Crippen LogP contribution in [0.2, 0.25) is 0 Å². The van der Waals surface area contributed by atoms with Gasteiger partial charge in [0.15, 0.2) is 0 Å². The fourth-order valence-corrected chi connectivity index (χ4v) is 3.07. The minimum absolute atomic E-state index is 0.728. The van der Waals surface area contributed by atoms with Gasteiger partial charge >= 0.3 is 0 Å². The highest BCUT2D eigenvalue weighted by Gasteiger charge is 2.18. The van der Waals surface area contributed by atoms with Crippen LogP contribution in [0.3, 0.4) is 0 Å². The molecule has 1 fully saturated rings. The van der Waals surface area contributed by atoms with Crippen molar-refractivity contribution in [3.8, 4) is 0 Å². The second kappa shape index (κ2) is 9.93. The summed E-state index contributed by atoms with van der Waals surface area (Å²) in [4.78, 5) is 2.58. The van der Waals surface area contributed by atoms with Crippen molar-refractivity contribution in [1.29, 1.82) is 0 Å². The van der Waals surface area contributed by atoms with E-state index in [9.17, 15) is 0 Å². The van der Waals surface area contributed by atoms with Gasteiger partial charge < -0.3 is 11.1 Å². The van der Waals surface area contributed by atoms with Crippen LogP contribution >= 0.6 is 0 Å². The molecule has 0 bridgehead atoms. The first-order valence-electron chi connectivity index (χ1n) is 8.58. The van der Waals surface area contributed by atoms with E-state index in [1.165, 1.54) is 63.7 Å². The molecular weight excluding hydrogens is 258 g/mol. The predicted molar refractivity (Wildman–Crippen MR) is 90.3 cm³/mol. The average molecular weight is 289 g/mol. The third-order valence-electron chi connectivity index (χ3n) is 4.40. The number of nitrogens with one attached hydrogen (secondary N) is 1. The van der Waals surface area contributed by atoms with E-state index in [0.29, 0.717) is 0 Å². The second-order valence-electron chi connectivity index (χ2n) is 6.19. The van der Waals surface area contributed by atoms with E-state index in [-0.39, 0.29) is 0 Å². The quantitative estimate of drug-likeness (QED) is 0.687. The summed E-state index contributed by atoms with van der Waals surface area (Å²) < 4.78 is 0. The van der Waals surface area contributed by atoms with Gasteiger partial charge in [-0.2, -0.15) is 0 Å². The number of nitrogens with two attached hydrogens (primary N) is 1. The molecule has 1 aromatic rings. The van der Waals surface area contributed by atoms with Crippen molar-refractivity contribution in [1.82, 2.24) is 10.2 Å². The number of likely N-dealkylation sites (tertiary alicyclic amines) is 1. The molecule has 0 atom stereocenters. The molecule has 0 unspecified atom stereocenters. The summed E-state index contributed by atoms with van der Waals surface area (Å²) in [5, 5.41) is 3.73. The van der Waals surface area contributed by atoms with Crippen molar-refractivity contribution in [3.05, 3.63) is 35.9 Å². The highest BCUT2D eigenvalue weighted by atomic mass is 15.1. The minimum Gasteiger partial charge on any atom is -0.330 e. The molecule has 3 heteroatoms. The van der Waals surface area contributed by atoms with Gasteiger partial charge in [0.05, 0.1) is 0 Å². The smallest absolute Gasteiger partial charge is 0.0233 e. The van der Waals surface area contributed by atoms with Crippen LogP contribution in [0.4, 0.5) is 0 Å². The largest absolute Gasteiger partial charge is 0.330 e. The van der Waals surface area contributed by atoms with Crippen LogP contribution in [0.15, 0.2) is 30.3 Å². The molecule has 1 aliphatic rings. The van der Waals surface area contributed by atoms with Crippen LogP contribution in [0.5, 0.6) is 0 Å². The molecule has 0 spiro atoms. The van der Waals surface area contributed by atoms with Gasteiger partial charge in [-0.25, -0.2) is 0 Å². The Labute approximate surface area is 129 Å². The van der Waals surface area contributed by atoms with Gasteiger partial charge in [-0.15, -0.1) is 0 Å². The summed E-state index contributed by atoms with van der Waals surface area (Å²) in [6, 6.07) is 11.5. The summed E-state index contributed by atoms with van der Waals surface area (Å²) in [5.41, 5.74) is 6.94. The van der Waals surface area contributed by atoms with Gasteiger partial charge in [-0.1, -0.05) is 43.2 Å². The van der Waals surface area contributed by atoms with Crippen molar-refractivity contribution in [3.63, 3.8) is 0 Å². The van der Waals surface area contributed by atoms with Crippen LogP contribution in [0.1, 0.15) is 44.1 Å². The number of benzene rings is 1. The van der Waals surface area contributed by atoms with Gasteiger partial charge in [-0.05, 0) is 57.4 Å². The Kier molecular flexibility index (Phi) is 7.79. The molecule has 0 aromatic heterocycles. The molecule has 118 valence electrons. The van der Waals surface area contributed by atoms with E-state index in [0.717, 1.165) is 19.1 Å². The molecule has 0 radical (unpaired) electrons. The Hall–Kier alpha value is -0.900. The lowest BCUT2D eigenvalue weighted by molar-refractivity contribution is 0.190. The Balaban J connectivity index is 1.54. The van der Waals surface area contributed by atoms with Crippen molar-refractivity contribution >= 4 is 0 Å². The third kappa shape index (κ3) is 6.60. The third-order valence-corrected chi connectivity index (χ3v) is 4.40. The molecule has 21 heavy (non-hydrogen) atoms. The van der Waals surface area contributed by atoms with E-state index in [1.54, 1.807) is 0 Å². The number of unbranched alkanes of at least 4 members (excludes halogenated alkanes) is 3. The Morgan fingerprint density at radius 2 is 1.71 bits per heavy atom. The highest BCUT2D eigenvalue weighted by molar-refractivity contribution is 5.14. The molecule has 0 saturated carbocycles. The number of rotatable bonds is 9. The lowest BCUT2D eigenvalue weighted by Gasteiger charge is -2.32. The zero-order valence-electron chi connectivity index (χ0n) is 13.3. The molecule has 0 amide bonds. The fourth-order valence-electron chi connectivity index (χ4n) is 3.07. The standard InChI is InChI=1S/C18H31N3/c19-12-6-1-2-7-13-20-18-10-14-21(15-11-18)16-17-8-4-3-5-9-17/h3-5,8-9,18,20H,1-2,6-7,10-16,19H2. The summed E-state index contributed by atoms with van der Waals surface area (Å²) in [5.74, 6) is 0. The normalized spacial score (nSPS) is 17.2. The highest BCUT2D eigenvalue weighted by Crippen LogP contribution is 2.14. The van der Waals surface area contributed by atoms with Crippen LogP contribution in [0.25, 0.3) is 0 Å². The summed E-state index contributed by atoms with van der Waals surface area (Å²) in [7, 11) is 0. The summed E-state index contributed by atoms with van der Waals surface area (Å²) in [6.07, 6.45) is 7.65. The van der Waals surface area contributed by atoms with E-state index >= 15 is 0 Å². The van der Waals surface area contributed by atoms with Crippen LogP contribution < -0.4 is 11.1 Å². The van der Waals surface area contributed by atoms with Crippen LogP contribution in [-0.4, -0.2) is 37.1 Å². The lowest BCUT2D eigenvalue weighted by atomic mass is 10.0. The fraction of sp³-hybridized carbons (Fsp3) is 0.667. The van der Waals surface area contributed by atoms with Crippen molar-refractivity contribution in [2.45, 2.75) is 51.1 Å². The van der Waals surface area contributed by atoms with Gasteiger partial charge in [0.2, 0.25) is 0 Å². The number of piperidine rings is 1. The van der Waals surface area contributed by atoms with E-state index < -0.39 is 0 Å². The maximum Gasteiger partial charge on any atom is 0.0233 e. The van der Waals surface area contributed by atoms with Crippen molar-refractivity contribution in [2.24, 2.45) is 5.73 Å². The van der Waals surface area contributed by atoms with Crippen molar-refractivity contribution < 1.29 is 0 Å². The second-order valence-corrected chi connectivity index (χ2v) is 6.19. The van der Waals surface area contributed by atoms with Gasteiger partial charge in [0.25, 0.3) is 0 Å². The number of hydrogen-bond acceptors (Lipinski definition) is 3. The van der Waals surface area contributed by atoms with Gasteiger partial charge in [0.1, 0.15) is 0 Å². The van der Waals surface area contributed by atoms with E-state index in [4.69, 9.17) is 5.73 Å². The average Bonchev–Trinajstić information content (AvgIpc) is 2.53. The van der Waals surface area contributed by atoms with E-state index in [1.807, 2.05) is 0 Å². The molecule has 1 saturated heterocycles. The molecule has 2 rings (SSSR count). The molecular formula is C18H31N3. The monoisotopic (exact) mass is 289 g/mol. The summed E-state index contributed by atoms with van der Waals surface area (Å²) >= 11 is 0. The first-order valence-corrected chi connectivity index (χ1v) is 8.58. The topological polar surface area (TPSA) is 41.3 Å². The van der Waals surface area contributed by atoms with E-state index in [2.05, 4.69) is 40.5 Å². The maximum atomic E-state index is 5.51.